The summed E-state index contributed by atoms with van der Waals surface area (Å²) in [6.45, 7) is 2.47. The van der Waals surface area contributed by atoms with E-state index in [2.05, 4.69) is 20.7 Å². The van der Waals surface area contributed by atoms with Crippen molar-refractivity contribution in [3.8, 4) is 22.8 Å². The molecule has 0 unspecified atom stereocenters. The monoisotopic (exact) mass is 525 g/mol. The van der Waals surface area contributed by atoms with E-state index >= 15 is 0 Å². The van der Waals surface area contributed by atoms with Gasteiger partial charge in [0.1, 0.15) is 5.75 Å². The van der Waals surface area contributed by atoms with Gasteiger partial charge in [-0.3, -0.25) is 9.36 Å². The second-order valence-corrected chi connectivity index (χ2v) is 8.58. The van der Waals surface area contributed by atoms with Crippen molar-refractivity contribution in [1.82, 2.24) is 20.2 Å². The van der Waals surface area contributed by atoms with Crippen molar-refractivity contribution < 1.29 is 22.7 Å². The van der Waals surface area contributed by atoms with E-state index in [0.717, 1.165) is 29.1 Å². The number of hydrogen-bond acceptors (Lipinski definition) is 6. The lowest BCUT2D eigenvalue weighted by molar-refractivity contribution is -0.137. The van der Waals surface area contributed by atoms with Crippen molar-refractivity contribution in [1.29, 1.82) is 0 Å². The molecule has 37 heavy (non-hydrogen) atoms. The molecule has 0 aliphatic rings. The number of hydrazone groups is 1. The number of nitrogens with zero attached hydrogens (tertiary/aromatic N) is 4. The molecule has 3 aromatic carbocycles. The normalized spacial score (nSPS) is 11.6. The van der Waals surface area contributed by atoms with Crippen molar-refractivity contribution >= 4 is 23.9 Å². The van der Waals surface area contributed by atoms with Gasteiger partial charge in [-0.2, -0.15) is 18.3 Å². The Hall–Kier alpha value is -4.12. The molecule has 7 nitrogen and oxygen atoms in total. The number of amides is 1. The predicted molar refractivity (Wildman–Crippen MR) is 136 cm³/mol. The average molecular weight is 526 g/mol. The summed E-state index contributed by atoms with van der Waals surface area (Å²) in [6, 6.07) is 21.5. The zero-order valence-corrected chi connectivity index (χ0v) is 20.5. The number of nitrogens with one attached hydrogen (secondary N) is 1. The third-order valence-corrected chi connectivity index (χ3v) is 5.97. The fourth-order valence-corrected chi connectivity index (χ4v) is 4.07. The van der Waals surface area contributed by atoms with E-state index < -0.39 is 17.6 Å². The minimum Gasteiger partial charge on any atom is -0.494 e. The van der Waals surface area contributed by atoms with Gasteiger partial charge in [0, 0.05) is 11.3 Å². The van der Waals surface area contributed by atoms with Crippen LogP contribution in [0.25, 0.3) is 17.1 Å². The molecule has 11 heteroatoms. The van der Waals surface area contributed by atoms with Gasteiger partial charge in [0.2, 0.25) is 0 Å². The summed E-state index contributed by atoms with van der Waals surface area (Å²) in [4.78, 5) is 12.4. The summed E-state index contributed by atoms with van der Waals surface area (Å²) in [5, 5.41) is 13.0. The average Bonchev–Trinajstić information content (AvgIpc) is 3.32. The number of hydrogen-bond donors (Lipinski definition) is 1. The molecular weight excluding hydrogens is 503 g/mol. The maximum atomic E-state index is 12.7. The maximum absolute atomic E-state index is 12.7. The molecule has 0 atom stereocenters. The number of alkyl halides is 3. The van der Waals surface area contributed by atoms with Crippen molar-refractivity contribution in [3.05, 3.63) is 90.0 Å². The minimum absolute atomic E-state index is 0.00565. The number of thioether (sulfide) groups is 1. The van der Waals surface area contributed by atoms with E-state index in [4.69, 9.17) is 4.74 Å². The van der Waals surface area contributed by atoms with Crippen LogP contribution in [0, 0.1) is 0 Å². The number of halogens is 3. The van der Waals surface area contributed by atoms with Crippen LogP contribution in [0.3, 0.4) is 0 Å². The lowest BCUT2D eigenvalue weighted by Crippen LogP contribution is -2.20. The summed E-state index contributed by atoms with van der Waals surface area (Å²) in [5.74, 6) is 0.942. The van der Waals surface area contributed by atoms with Crippen LogP contribution >= 0.6 is 11.8 Å². The highest BCUT2D eigenvalue weighted by atomic mass is 32.2. The highest BCUT2D eigenvalue weighted by Crippen LogP contribution is 2.30. The largest absolute Gasteiger partial charge is 0.494 e. The van der Waals surface area contributed by atoms with Crippen molar-refractivity contribution in [2.45, 2.75) is 18.3 Å². The molecular formula is C26H22F3N5O2S. The Morgan fingerprint density at radius 3 is 2.38 bits per heavy atom. The summed E-state index contributed by atoms with van der Waals surface area (Å²) < 4.78 is 45.4. The highest BCUT2D eigenvalue weighted by molar-refractivity contribution is 7.99. The van der Waals surface area contributed by atoms with Crippen LogP contribution in [-0.2, 0) is 11.0 Å². The predicted octanol–water partition coefficient (Wildman–Crippen LogP) is 5.59. The van der Waals surface area contributed by atoms with Gasteiger partial charge in [-0.1, -0.05) is 54.2 Å². The van der Waals surface area contributed by atoms with Crippen molar-refractivity contribution in [2.75, 3.05) is 12.4 Å². The van der Waals surface area contributed by atoms with E-state index in [1.165, 1.54) is 30.1 Å². The molecule has 1 heterocycles. The zero-order chi connectivity index (χ0) is 26.3. The molecule has 0 fully saturated rings. The van der Waals surface area contributed by atoms with E-state index in [1.54, 1.807) is 0 Å². The van der Waals surface area contributed by atoms with Crippen LogP contribution in [0.4, 0.5) is 13.2 Å². The Bertz CT molecular complexity index is 1360. The fourth-order valence-electron chi connectivity index (χ4n) is 3.33. The fraction of sp³-hybridized carbons (Fsp3) is 0.154. The number of rotatable bonds is 9. The molecule has 0 saturated heterocycles. The third-order valence-electron chi connectivity index (χ3n) is 5.04. The van der Waals surface area contributed by atoms with E-state index in [0.29, 0.717) is 23.2 Å². The molecule has 0 saturated carbocycles. The Balaban J connectivity index is 1.46. The number of benzene rings is 3. The molecule has 0 bridgehead atoms. The summed E-state index contributed by atoms with van der Waals surface area (Å²) in [7, 11) is 0. The molecule has 1 amide bonds. The SMILES string of the molecule is CCOc1ccc(-n2c(SCC(=O)N/N=C/c3ccc(C(F)(F)F)cc3)nnc2-c2ccccc2)cc1. The number of ether oxygens (including phenoxy) is 1. The van der Waals surface area contributed by atoms with Gasteiger partial charge >= 0.3 is 6.18 Å². The third kappa shape index (κ3) is 6.76. The topological polar surface area (TPSA) is 81.4 Å². The maximum Gasteiger partial charge on any atom is 0.416 e. The molecule has 4 aromatic rings. The first-order chi connectivity index (χ1) is 17.8. The first kappa shape index (κ1) is 26.0. The molecule has 0 aliphatic heterocycles. The zero-order valence-electron chi connectivity index (χ0n) is 19.6. The number of aromatic nitrogens is 3. The molecule has 0 spiro atoms. The lowest BCUT2D eigenvalue weighted by atomic mass is 10.1. The second kappa shape index (κ2) is 11.7. The lowest BCUT2D eigenvalue weighted by Gasteiger charge is -2.11. The smallest absolute Gasteiger partial charge is 0.416 e. The second-order valence-electron chi connectivity index (χ2n) is 7.64. The van der Waals surface area contributed by atoms with Crippen LogP contribution in [0.2, 0.25) is 0 Å². The Morgan fingerprint density at radius 1 is 1.03 bits per heavy atom. The van der Waals surface area contributed by atoms with E-state index in [-0.39, 0.29) is 5.75 Å². The Labute approximate surface area is 215 Å². The van der Waals surface area contributed by atoms with Gasteiger partial charge in [0.25, 0.3) is 5.91 Å². The van der Waals surface area contributed by atoms with Crippen molar-refractivity contribution in [3.63, 3.8) is 0 Å². The van der Waals surface area contributed by atoms with Crippen LogP contribution in [-0.4, -0.2) is 39.2 Å². The van der Waals surface area contributed by atoms with Crippen LogP contribution in [0.15, 0.2) is 89.1 Å². The molecule has 0 radical (unpaired) electrons. The standard InChI is InChI=1S/C26H22F3N5O2S/c1-2-36-22-14-12-21(13-15-22)34-24(19-6-4-3-5-7-19)32-33-25(34)37-17-23(35)31-30-16-18-8-10-20(11-9-18)26(27,28)29/h3-16H,2,17H2,1H3,(H,31,35)/b30-16+. The van der Waals surface area contributed by atoms with Crippen molar-refractivity contribution in [2.24, 2.45) is 5.10 Å². The minimum atomic E-state index is -4.41. The van der Waals surface area contributed by atoms with Crippen LogP contribution < -0.4 is 10.2 Å². The van der Waals surface area contributed by atoms with Gasteiger partial charge in [-0.25, -0.2) is 5.43 Å². The van der Waals surface area contributed by atoms with E-state index in [9.17, 15) is 18.0 Å². The molecule has 1 N–H and O–H groups in total. The molecule has 190 valence electrons. The van der Waals surface area contributed by atoms with Gasteiger partial charge in [0.15, 0.2) is 11.0 Å². The highest BCUT2D eigenvalue weighted by Gasteiger charge is 2.29. The van der Waals surface area contributed by atoms with Gasteiger partial charge in [-0.05, 0) is 48.9 Å². The molecule has 1 aromatic heterocycles. The number of carbonyl (C=O) groups excluding carboxylic acids is 1. The van der Waals surface area contributed by atoms with E-state index in [1.807, 2.05) is 66.1 Å². The summed E-state index contributed by atoms with van der Waals surface area (Å²) >= 11 is 1.18. The first-order valence-electron chi connectivity index (χ1n) is 11.2. The van der Waals surface area contributed by atoms with Crippen LogP contribution in [0.5, 0.6) is 5.75 Å². The molecule has 4 rings (SSSR count). The van der Waals surface area contributed by atoms with Gasteiger partial charge < -0.3 is 4.74 Å². The Morgan fingerprint density at radius 2 is 1.73 bits per heavy atom. The molecule has 0 aliphatic carbocycles. The summed E-state index contributed by atoms with van der Waals surface area (Å²) in [5.41, 5.74) is 3.71. The Kier molecular flexibility index (Phi) is 8.24. The van der Waals surface area contributed by atoms with Gasteiger partial charge in [0.05, 0.1) is 24.1 Å². The quantitative estimate of drug-likeness (QED) is 0.175. The summed E-state index contributed by atoms with van der Waals surface area (Å²) in [6.07, 6.45) is -3.13. The van der Waals surface area contributed by atoms with Crippen LogP contribution in [0.1, 0.15) is 18.1 Å². The number of carbonyl (C=O) groups is 1. The van der Waals surface area contributed by atoms with Gasteiger partial charge in [-0.15, -0.1) is 10.2 Å². The first-order valence-corrected chi connectivity index (χ1v) is 12.2.